The highest BCUT2D eigenvalue weighted by molar-refractivity contribution is 5.93. The first-order valence-electron chi connectivity index (χ1n) is 9.79. The fourth-order valence-corrected chi connectivity index (χ4v) is 3.58. The van der Waals surface area contributed by atoms with Crippen molar-refractivity contribution >= 4 is 22.3 Å². The molecular weight excluding hydrogens is 409 g/mol. The van der Waals surface area contributed by atoms with Gasteiger partial charge in [-0.2, -0.15) is 13.2 Å². The average molecular weight is 430 g/mol. The molecule has 3 aromatic rings. The summed E-state index contributed by atoms with van der Waals surface area (Å²) in [4.78, 5) is 0. The number of halogens is 3. The van der Waals surface area contributed by atoms with Gasteiger partial charge in [-0.05, 0) is 47.9 Å². The minimum atomic E-state index is -4.40. The Morgan fingerprint density at radius 2 is 2.00 bits per heavy atom. The van der Waals surface area contributed by atoms with E-state index in [9.17, 15) is 13.2 Å². The van der Waals surface area contributed by atoms with Gasteiger partial charge in [0, 0.05) is 17.0 Å². The molecule has 6 nitrogen and oxygen atoms in total. The third-order valence-corrected chi connectivity index (χ3v) is 5.25. The molecule has 0 amide bonds. The van der Waals surface area contributed by atoms with E-state index in [1.165, 1.54) is 6.07 Å². The maximum Gasteiger partial charge on any atom is 0.416 e. The van der Waals surface area contributed by atoms with E-state index >= 15 is 0 Å². The van der Waals surface area contributed by atoms with Crippen LogP contribution in [0.3, 0.4) is 0 Å². The van der Waals surface area contributed by atoms with E-state index in [0.29, 0.717) is 41.2 Å². The minimum absolute atomic E-state index is 0.435. The summed E-state index contributed by atoms with van der Waals surface area (Å²) in [5.41, 5.74) is 2.37. The van der Waals surface area contributed by atoms with E-state index in [1.807, 2.05) is 12.1 Å². The highest BCUT2D eigenvalue weighted by Crippen LogP contribution is 2.36. The van der Waals surface area contributed by atoms with E-state index < -0.39 is 17.8 Å². The number of nitrogens with zero attached hydrogens (tertiary/aromatic N) is 3. The normalized spacial score (nSPS) is 15.5. The van der Waals surface area contributed by atoms with E-state index in [-0.39, 0.29) is 0 Å². The zero-order valence-corrected chi connectivity index (χ0v) is 17.0. The van der Waals surface area contributed by atoms with E-state index in [0.717, 1.165) is 29.7 Å². The summed E-state index contributed by atoms with van der Waals surface area (Å²) in [6.45, 7) is 2.92. The average Bonchev–Trinajstić information content (AvgIpc) is 2.78. The molecule has 0 saturated heterocycles. The van der Waals surface area contributed by atoms with Crippen molar-refractivity contribution in [3.63, 3.8) is 0 Å². The summed E-state index contributed by atoms with van der Waals surface area (Å²) in [6.07, 6.45) is -1.65. The first-order valence-corrected chi connectivity index (χ1v) is 9.79. The van der Waals surface area contributed by atoms with Crippen LogP contribution in [0.1, 0.15) is 36.1 Å². The van der Waals surface area contributed by atoms with Crippen molar-refractivity contribution in [2.75, 3.05) is 25.6 Å². The maximum atomic E-state index is 13.1. The molecule has 1 atom stereocenters. The van der Waals surface area contributed by atoms with Gasteiger partial charge in [0.25, 0.3) is 0 Å². The number of hydrogen-bond acceptors (Lipinski definition) is 6. The fourth-order valence-electron chi connectivity index (χ4n) is 3.58. The number of methoxy groups -OCH3 is 1. The quantitative estimate of drug-likeness (QED) is 0.612. The fraction of sp³-hybridized carbons (Fsp3) is 0.318. The van der Waals surface area contributed by atoms with Crippen LogP contribution in [-0.4, -0.2) is 35.7 Å². The SMILES string of the molecule is COc1cc2nnnc(N[C@H](C)c3cccc(C(F)(F)F)c3)c2cc1C1=CCOCC1. The number of rotatable bonds is 5. The van der Waals surface area contributed by atoms with Gasteiger partial charge in [-0.15, -0.1) is 10.2 Å². The Labute approximate surface area is 177 Å². The summed E-state index contributed by atoms with van der Waals surface area (Å²) in [6, 6.07) is 8.51. The maximum absolute atomic E-state index is 13.1. The van der Waals surface area contributed by atoms with Crippen molar-refractivity contribution in [3.05, 3.63) is 59.2 Å². The largest absolute Gasteiger partial charge is 0.496 e. The number of hydrogen-bond donors (Lipinski definition) is 1. The van der Waals surface area contributed by atoms with Gasteiger partial charge in [0.2, 0.25) is 0 Å². The molecule has 0 saturated carbocycles. The summed E-state index contributed by atoms with van der Waals surface area (Å²) in [7, 11) is 1.59. The van der Waals surface area contributed by atoms with Gasteiger partial charge in [0.05, 0.1) is 31.9 Å². The lowest BCUT2D eigenvalue weighted by Crippen LogP contribution is -2.12. The topological polar surface area (TPSA) is 69.2 Å². The van der Waals surface area contributed by atoms with Crippen LogP contribution in [0.5, 0.6) is 5.75 Å². The molecule has 0 aliphatic carbocycles. The van der Waals surface area contributed by atoms with Crippen LogP contribution in [0.2, 0.25) is 0 Å². The Hall–Kier alpha value is -3.20. The Balaban J connectivity index is 1.72. The molecule has 1 aromatic heterocycles. The van der Waals surface area contributed by atoms with Gasteiger partial charge in [-0.1, -0.05) is 18.2 Å². The van der Waals surface area contributed by atoms with E-state index in [2.05, 4.69) is 20.7 Å². The second-order valence-electron chi connectivity index (χ2n) is 7.25. The first-order chi connectivity index (χ1) is 14.9. The standard InChI is InChI=1S/C22H21F3N4O2/c1-13(15-4-3-5-16(10-15)22(23,24)25)26-21-18-11-17(14-6-8-31-9-7-14)20(30-2)12-19(18)27-29-28-21/h3-6,10-13H,7-9H2,1-2H3,(H,26,27,28)/t13-/m1/s1. The Bertz CT molecular complexity index is 1130. The van der Waals surface area contributed by atoms with Crippen LogP contribution in [0.15, 0.2) is 42.5 Å². The lowest BCUT2D eigenvalue weighted by molar-refractivity contribution is -0.137. The van der Waals surface area contributed by atoms with E-state index in [1.54, 1.807) is 26.2 Å². The Morgan fingerprint density at radius 3 is 2.71 bits per heavy atom. The monoisotopic (exact) mass is 430 g/mol. The van der Waals surface area contributed by atoms with Gasteiger partial charge in [0.1, 0.15) is 11.3 Å². The third-order valence-electron chi connectivity index (χ3n) is 5.25. The molecular formula is C22H21F3N4O2. The molecule has 4 rings (SSSR count). The van der Waals surface area contributed by atoms with Crippen LogP contribution in [0.4, 0.5) is 19.0 Å². The smallest absolute Gasteiger partial charge is 0.416 e. The number of alkyl halides is 3. The zero-order valence-electron chi connectivity index (χ0n) is 17.0. The summed E-state index contributed by atoms with van der Waals surface area (Å²) < 4.78 is 50.2. The molecule has 0 unspecified atom stereocenters. The number of benzene rings is 2. The molecule has 1 aliphatic heterocycles. The van der Waals surface area contributed by atoms with Crippen molar-refractivity contribution < 1.29 is 22.6 Å². The number of aromatic nitrogens is 3. The number of fused-ring (bicyclic) bond motifs is 1. The molecule has 2 aromatic carbocycles. The molecule has 1 aliphatic rings. The van der Waals surface area contributed by atoms with Crippen LogP contribution in [0.25, 0.3) is 16.5 Å². The number of anilines is 1. The molecule has 1 N–H and O–H groups in total. The molecule has 0 radical (unpaired) electrons. The van der Waals surface area contributed by atoms with Crippen molar-refractivity contribution in [1.82, 2.24) is 15.4 Å². The van der Waals surface area contributed by atoms with Crippen molar-refractivity contribution in [2.45, 2.75) is 25.6 Å². The molecule has 9 heteroatoms. The molecule has 162 valence electrons. The van der Waals surface area contributed by atoms with Crippen LogP contribution in [-0.2, 0) is 10.9 Å². The predicted molar refractivity (Wildman–Crippen MR) is 111 cm³/mol. The molecule has 31 heavy (non-hydrogen) atoms. The summed E-state index contributed by atoms with van der Waals surface area (Å²) in [5.74, 6) is 1.10. The van der Waals surface area contributed by atoms with Crippen molar-refractivity contribution in [2.24, 2.45) is 0 Å². The van der Waals surface area contributed by atoms with Crippen LogP contribution >= 0.6 is 0 Å². The van der Waals surface area contributed by atoms with Gasteiger partial charge in [-0.3, -0.25) is 0 Å². The van der Waals surface area contributed by atoms with E-state index in [4.69, 9.17) is 9.47 Å². The van der Waals surface area contributed by atoms with Crippen molar-refractivity contribution in [1.29, 1.82) is 0 Å². The zero-order chi connectivity index (χ0) is 22.0. The Kier molecular flexibility index (Phi) is 5.77. The van der Waals surface area contributed by atoms with Crippen molar-refractivity contribution in [3.8, 4) is 5.75 Å². The minimum Gasteiger partial charge on any atom is -0.496 e. The highest BCUT2D eigenvalue weighted by atomic mass is 19.4. The molecule has 0 bridgehead atoms. The van der Waals surface area contributed by atoms with Gasteiger partial charge < -0.3 is 14.8 Å². The lowest BCUT2D eigenvalue weighted by Gasteiger charge is -2.19. The number of ether oxygens (including phenoxy) is 2. The summed E-state index contributed by atoms with van der Waals surface area (Å²) in [5, 5.41) is 15.9. The second kappa shape index (κ2) is 8.50. The molecule has 0 spiro atoms. The summed E-state index contributed by atoms with van der Waals surface area (Å²) >= 11 is 0. The molecule has 0 fully saturated rings. The highest BCUT2D eigenvalue weighted by Gasteiger charge is 2.30. The molecule has 2 heterocycles. The second-order valence-corrected chi connectivity index (χ2v) is 7.25. The van der Waals surface area contributed by atoms with Gasteiger partial charge in [-0.25, -0.2) is 0 Å². The van der Waals surface area contributed by atoms with Gasteiger partial charge in [0.15, 0.2) is 5.82 Å². The number of nitrogens with one attached hydrogen (secondary N) is 1. The Morgan fingerprint density at radius 1 is 1.16 bits per heavy atom. The predicted octanol–water partition coefficient (Wildman–Crippen LogP) is 5.03. The third kappa shape index (κ3) is 4.46. The van der Waals surface area contributed by atoms with Crippen LogP contribution < -0.4 is 10.1 Å². The van der Waals surface area contributed by atoms with Gasteiger partial charge >= 0.3 is 6.18 Å². The first kappa shape index (κ1) is 21.0. The van der Waals surface area contributed by atoms with Crippen LogP contribution in [0, 0.1) is 0 Å². The lowest BCUT2D eigenvalue weighted by atomic mass is 9.98.